The number of ether oxygens (including phenoxy) is 2. The van der Waals surface area contributed by atoms with Crippen molar-refractivity contribution in [2.75, 3.05) is 26.8 Å². The molecular formula is C24H29NO5S. The molecule has 0 radical (unpaired) electrons. The second-order valence-corrected chi connectivity index (χ2v) is 10.2. The fraction of sp³-hybridized carbons (Fsp3) is 0.458. The van der Waals surface area contributed by atoms with Gasteiger partial charge in [-0.25, -0.2) is 8.42 Å². The minimum absolute atomic E-state index is 0.233. The van der Waals surface area contributed by atoms with Crippen LogP contribution >= 0.6 is 0 Å². The summed E-state index contributed by atoms with van der Waals surface area (Å²) < 4.78 is 38.2. The van der Waals surface area contributed by atoms with Gasteiger partial charge in [-0.3, -0.25) is 4.79 Å². The first-order valence-electron chi connectivity index (χ1n) is 10.9. The number of aryl methyl sites for hydroxylation is 2. The van der Waals surface area contributed by atoms with Gasteiger partial charge in [0, 0.05) is 19.5 Å². The standard InChI is InChI=1S/C24H29NO5S/c1-29-22-8-5-18(6-9-22)13-16-30-24(26)20-11-14-25(15-12-20)31(27,28)23-10-7-19-3-2-4-21(19)17-23/h5-10,17,20H,2-4,11-16H2,1H3. The van der Waals surface area contributed by atoms with Crippen molar-refractivity contribution in [2.24, 2.45) is 5.92 Å². The van der Waals surface area contributed by atoms with E-state index in [0.29, 0.717) is 43.9 Å². The number of hydrogen-bond acceptors (Lipinski definition) is 5. The van der Waals surface area contributed by atoms with Gasteiger partial charge in [0.15, 0.2) is 0 Å². The second-order valence-electron chi connectivity index (χ2n) is 8.23. The summed E-state index contributed by atoms with van der Waals surface area (Å²) in [6, 6.07) is 13.2. The van der Waals surface area contributed by atoms with Crippen molar-refractivity contribution in [1.82, 2.24) is 4.31 Å². The summed E-state index contributed by atoms with van der Waals surface area (Å²) in [6.45, 7) is 1.01. The van der Waals surface area contributed by atoms with Crippen LogP contribution in [0, 0.1) is 5.92 Å². The number of carbonyl (C=O) groups excluding carboxylic acids is 1. The predicted molar refractivity (Wildman–Crippen MR) is 118 cm³/mol. The summed E-state index contributed by atoms with van der Waals surface area (Å²) in [6.07, 6.45) is 4.69. The molecule has 0 aromatic heterocycles. The Hall–Kier alpha value is -2.38. The maximum atomic E-state index is 13.0. The summed E-state index contributed by atoms with van der Waals surface area (Å²) in [4.78, 5) is 12.8. The smallest absolute Gasteiger partial charge is 0.309 e. The number of methoxy groups -OCH3 is 1. The van der Waals surface area contributed by atoms with Gasteiger partial charge in [0.1, 0.15) is 5.75 Å². The molecule has 31 heavy (non-hydrogen) atoms. The molecule has 0 amide bonds. The monoisotopic (exact) mass is 443 g/mol. The first-order chi connectivity index (χ1) is 15.0. The van der Waals surface area contributed by atoms with Crippen LogP contribution in [0.15, 0.2) is 47.4 Å². The molecular weight excluding hydrogens is 414 g/mol. The highest BCUT2D eigenvalue weighted by molar-refractivity contribution is 7.89. The molecule has 6 nitrogen and oxygen atoms in total. The third-order valence-electron chi connectivity index (χ3n) is 6.29. The van der Waals surface area contributed by atoms with Crippen LogP contribution in [-0.4, -0.2) is 45.5 Å². The highest BCUT2D eigenvalue weighted by atomic mass is 32.2. The van der Waals surface area contributed by atoms with Crippen molar-refractivity contribution in [2.45, 2.75) is 43.4 Å². The molecule has 0 spiro atoms. The minimum Gasteiger partial charge on any atom is -0.497 e. The summed E-state index contributed by atoms with van der Waals surface area (Å²) in [5, 5.41) is 0. The molecule has 7 heteroatoms. The molecule has 0 N–H and O–H groups in total. The minimum atomic E-state index is -3.52. The zero-order chi connectivity index (χ0) is 21.8. The fourth-order valence-electron chi connectivity index (χ4n) is 4.37. The molecule has 1 aliphatic carbocycles. The van der Waals surface area contributed by atoms with Gasteiger partial charge in [0.25, 0.3) is 0 Å². The lowest BCUT2D eigenvalue weighted by Crippen LogP contribution is -2.40. The molecule has 4 rings (SSSR count). The lowest BCUT2D eigenvalue weighted by atomic mass is 9.98. The number of fused-ring (bicyclic) bond motifs is 1. The van der Waals surface area contributed by atoms with Crippen molar-refractivity contribution >= 4 is 16.0 Å². The third-order valence-corrected chi connectivity index (χ3v) is 8.18. The number of nitrogens with zero attached hydrogens (tertiary/aromatic N) is 1. The Kier molecular flexibility index (Phi) is 6.62. The summed E-state index contributed by atoms with van der Waals surface area (Å²) in [5.41, 5.74) is 3.48. The van der Waals surface area contributed by atoms with Gasteiger partial charge in [0.2, 0.25) is 10.0 Å². The van der Waals surface area contributed by atoms with Gasteiger partial charge in [0.05, 0.1) is 24.5 Å². The first kappa shape index (κ1) is 21.8. The summed E-state index contributed by atoms with van der Waals surface area (Å²) in [5.74, 6) is 0.313. The van der Waals surface area contributed by atoms with E-state index in [1.54, 1.807) is 13.2 Å². The summed E-state index contributed by atoms with van der Waals surface area (Å²) >= 11 is 0. The Morgan fingerprint density at radius 1 is 1.03 bits per heavy atom. The molecule has 2 aliphatic rings. The van der Waals surface area contributed by atoms with Gasteiger partial charge in [-0.1, -0.05) is 18.2 Å². The summed E-state index contributed by atoms with van der Waals surface area (Å²) in [7, 11) is -1.90. The molecule has 2 aromatic rings. The maximum absolute atomic E-state index is 13.0. The molecule has 0 unspecified atom stereocenters. The van der Waals surface area contributed by atoms with Crippen LogP contribution < -0.4 is 4.74 Å². The van der Waals surface area contributed by atoms with E-state index in [0.717, 1.165) is 36.1 Å². The number of sulfonamides is 1. The Bertz CT molecular complexity index is 1020. The normalized spacial score (nSPS) is 17.3. The highest BCUT2D eigenvalue weighted by Crippen LogP contribution is 2.29. The molecule has 0 saturated carbocycles. The van der Waals surface area contributed by atoms with Crippen molar-refractivity contribution in [3.63, 3.8) is 0 Å². The van der Waals surface area contributed by atoms with E-state index >= 15 is 0 Å². The molecule has 1 aliphatic heterocycles. The van der Waals surface area contributed by atoms with Crippen LogP contribution in [0.25, 0.3) is 0 Å². The van der Waals surface area contributed by atoms with Crippen molar-refractivity contribution in [3.8, 4) is 5.75 Å². The molecule has 0 bridgehead atoms. The Balaban J connectivity index is 1.27. The van der Waals surface area contributed by atoms with Crippen LogP contribution in [0.2, 0.25) is 0 Å². The van der Waals surface area contributed by atoms with Gasteiger partial charge < -0.3 is 9.47 Å². The van der Waals surface area contributed by atoms with Gasteiger partial charge in [-0.2, -0.15) is 4.31 Å². The quantitative estimate of drug-likeness (QED) is 0.614. The lowest BCUT2D eigenvalue weighted by Gasteiger charge is -2.30. The zero-order valence-corrected chi connectivity index (χ0v) is 18.7. The number of rotatable bonds is 7. The maximum Gasteiger partial charge on any atom is 0.309 e. The van der Waals surface area contributed by atoms with E-state index in [-0.39, 0.29) is 11.9 Å². The molecule has 2 aromatic carbocycles. The predicted octanol–water partition coefficient (Wildman–Crippen LogP) is 3.37. The largest absolute Gasteiger partial charge is 0.497 e. The highest BCUT2D eigenvalue weighted by Gasteiger charge is 2.33. The van der Waals surface area contributed by atoms with Crippen LogP contribution in [0.5, 0.6) is 5.75 Å². The second kappa shape index (κ2) is 9.40. The van der Waals surface area contributed by atoms with Crippen LogP contribution in [0.1, 0.15) is 36.0 Å². The van der Waals surface area contributed by atoms with Crippen molar-refractivity contribution in [3.05, 3.63) is 59.2 Å². The Labute approximate surface area is 184 Å². The number of piperidine rings is 1. The van der Waals surface area contributed by atoms with Crippen LogP contribution in [-0.2, 0) is 38.8 Å². The SMILES string of the molecule is COc1ccc(CCOC(=O)C2CCN(S(=O)(=O)c3ccc4c(c3)CCC4)CC2)cc1. The molecule has 1 saturated heterocycles. The molecule has 166 valence electrons. The van der Waals surface area contributed by atoms with E-state index in [9.17, 15) is 13.2 Å². The number of esters is 1. The Morgan fingerprint density at radius 2 is 1.74 bits per heavy atom. The molecule has 1 heterocycles. The number of hydrogen-bond donors (Lipinski definition) is 0. The van der Waals surface area contributed by atoms with E-state index in [2.05, 4.69) is 0 Å². The van der Waals surface area contributed by atoms with Gasteiger partial charge >= 0.3 is 5.97 Å². The van der Waals surface area contributed by atoms with E-state index in [1.165, 1.54) is 9.87 Å². The topological polar surface area (TPSA) is 72.9 Å². The van der Waals surface area contributed by atoms with Gasteiger partial charge in [-0.15, -0.1) is 0 Å². The van der Waals surface area contributed by atoms with Crippen LogP contribution in [0.3, 0.4) is 0 Å². The average molecular weight is 444 g/mol. The van der Waals surface area contributed by atoms with E-state index < -0.39 is 10.0 Å². The lowest BCUT2D eigenvalue weighted by molar-refractivity contribution is -0.149. The van der Waals surface area contributed by atoms with Crippen molar-refractivity contribution < 1.29 is 22.7 Å². The van der Waals surface area contributed by atoms with Crippen LogP contribution in [0.4, 0.5) is 0 Å². The fourth-order valence-corrected chi connectivity index (χ4v) is 5.89. The average Bonchev–Trinajstić information content (AvgIpc) is 3.27. The molecule has 1 fully saturated rings. The van der Waals surface area contributed by atoms with E-state index in [4.69, 9.17) is 9.47 Å². The molecule has 0 atom stereocenters. The third kappa shape index (κ3) is 4.93. The zero-order valence-electron chi connectivity index (χ0n) is 17.9. The first-order valence-corrected chi connectivity index (χ1v) is 12.3. The Morgan fingerprint density at radius 3 is 2.45 bits per heavy atom. The van der Waals surface area contributed by atoms with Crippen molar-refractivity contribution in [1.29, 1.82) is 0 Å². The number of benzene rings is 2. The van der Waals surface area contributed by atoms with Gasteiger partial charge in [-0.05, 0) is 73.1 Å². The van der Waals surface area contributed by atoms with E-state index in [1.807, 2.05) is 36.4 Å². The number of carbonyl (C=O) groups is 1.